The maximum Gasteiger partial charge on any atom is 0.160 e. The molecule has 106 valence electrons. The minimum atomic E-state index is 0.136. The van der Waals surface area contributed by atoms with Crippen LogP contribution in [0.2, 0.25) is 0 Å². The van der Waals surface area contributed by atoms with Crippen molar-refractivity contribution >= 4 is 57.3 Å². The second-order valence-electron chi connectivity index (χ2n) is 4.29. The largest absolute Gasteiger partial charge is 0.395 e. The van der Waals surface area contributed by atoms with E-state index in [-0.39, 0.29) is 6.61 Å². The van der Waals surface area contributed by atoms with E-state index in [1.807, 2.05) is 42.3 Å². The number of hydrogen-bond donors (Lipinski definition) is 2. The Balaban J connectivity index is 2.15. The number of aliphatic hydroxyl groups is 1. The van der Waals surface area contributed by atoms with Crippen molar-refractivity contribution in [2.24, 2.45) is 5.84 Å². The molecule has 4 nitrogen and oxygen atoms in total. The van der Waals surface area contributed by atoms with E-state index in [2.05, 4.69) is 0 Å². The van der Waals surface area contributed by atoms with Gasteiger partial charge in [-0.1, -0.05) is 48.3 Å². The highest BCUT2D eigenvalue weighted by Gasteiger charge is 2.25. The molecule has 20 heavy (non-hydrogen) atoms. The van der Waals surface area contributed by atoms with Crippen molar-refractivity contribution in [3.63, 3.8) is 0 Å². The fourth-order valence-corrected chi connectivity index (χ4v) is 3.25. The van der Waals surface area contributed by atoms with Gasteiger partial charge in [0.1, 0.15) is 4.99 Å². The minimum absolute atomic E-state index is 0.136. The maximum absolute atomic E-state index is 8.92. The molecule has 0 aromatic heterocycles. The zero-order valence-electron chi connectivity index (χ0n) is 10.9. The summed E-state index contributed by atoms with van der Waals surface area (Å²) in [5, 5.41) is 10.3. The van der Waals surface area contributed by atoms with E-state index >= 15 is 0 Å². The number of nitrogens with zero attached hydrogens (tertiary/aromatic N) is 2. The Hall–Kier alpha value is -0.990. The van der Waals surface area contributed by atoms with Crippen molar-refractivity contribution in [1.29, 1.82) is 0 Å². The van der Waals surface area contributed by atoms with Gasteiger partial charge in [0.15, 0.2) is 4.32 Å². The third-order valence-corrected chi connectivity index (χ3v) is 4.79. The molecular weight excluding hydrogens is 310 g/mol. The van der Waals surface area contributed by atoms with E-state index in [4.69, 9.17) is 35.4 Å². The van der Waals surface area contributed by atoms with Crippen LogP contribution in [0.25, 0.3) is 6.08 Å². The molecule has 0 amide bonds. The van der Waals surface area contributed by atoms with Crippen LogP contribution in [0.15, 0.2) is 29.2 Å². The molecule has 1 aliphatic rings. The van der Waals surface area contributed by atoms with Crippen LogP contribution in [0.3, 0.4) is 0 Å². The highest BCUT2D eigenvalue weighted by atomic mass is 32.2. The molecule has 2 rings (SSSR count). The first-order chi connectivity index (χ1) is 9.52. The lowest BCUT2D eigenvalue weighted by Gasteiger charge is -2.17. The first kappa shape index (κ1) is 15.4. The van der Waals surface area contributed by atoms with Gasteiger partial charge in [-0.05, 0) is 23.8 Å². The standard InChI is InChI=1S/C13H15N3OS3/c1-15(6-7-17)10-4-2-9(3-5-10)8-11-12(18)16(14)13(19)20-11/h2-5,8,17H,6-7,14H2,1H3/b11-8-. The van der Waals surface area contributed by atoms with Crippen molar-refractivity contribution in [3.8, 4) is 0 Å². The van der Waals surface area contributed by atoms with E-state index in [1.54, 1.807) is 0 Å². The van der Waals surface area contributed by atoms with Crippen LogP contribution in [-0.2, 0) is 0 Å². The van der Waals surface area contributed by atoms with E-state index in [0.717, 1.165) is 16.2 Å². The number of thiocarbonyl (C=S) groups is 2. The van der Waals surface area contributed by atoms with E-state index < -0.39 is 0 Å². The van der Waals surface area contributed by atoms with Gasteiger partial charge in [0.2, 0.25) is 0 Å². The number of nitrogens with two attached hydrogens (primary N) is 1. The molecular formula is C13H15N3OS3. The molecule has 0 atom stereocenters. The molecule has 1 aliphatic heterocycles. The van der Waals surface area contributed by atoms with Gasteiger partial charge in [0.05, 0.1) is 11.5 Å². The molecule has 0 radical (unpaired) electrons. The predicted molar refractivity (Wildman–Crippen MR) is 93.6 cm³/mol. The lowest BCUT2D eigenvalue weighted by molar-refractivity contribution is 0.304. The lowest BCUT2D eigenvalue weighted by Crippen LogP contribution is -2.33. The second-order valence-corrected chi connectivity index (χ2v) is 6.35. The molecule has 0 saturated carbocycles. The van der Waals surface area contributed by atoms with E-state index in [0.29, 0.717) is 15.9 Å². The van der Waals surface area contributed by atoms with Gasteiger partial charge in [-0.2, -0.15) is 0 Å². The topological polar surface area (TPSA) is 52.7 Å². The Morgan fingerprint density at radius 2 is 2.00 bits per heavy atom. The molecule has 1 fully saturated rings. The average Bonchev–Trinajstić information content (AvgIpc) is 2.67. The first-order valence-electron chi connectivity index (χ1n) is 5.97. The fourth-order valence-electron chi connectivity index (χ4n) is 1.74. The van der Waals surface area contributed by atoms with Crippen molar-refractivity contribution < 1.29 is 5.11 Å². The van der Waals surface area contributed by atoms with Crippen LogP contribution in [0.5, 0.6) is 0 Å². The van der Waals surface area contributed by atoms with Crippen molar-refractivity contribution in [2.45, 2.75) is 0 Å². The third-order valence-electron chi connectivity index (χ3n) is 2.89. The molecule has 1 saturated heterocycles. The summed E-state index contributed by atoms with van der Waals surface area (Å²) in [6.45, 7) is 0.744. The lowest BCUT2D eigenvalue weighted by atomic mass is 10.2. The zero-order chi connectivity index (χ0) is 14.7. The quantitative estimate of drug-likeness (QED) is 0.499. The molecule has 1 aromatic rings. The molecule has 0 aliphatic carbocycles. The van der Waals surface area contributed by atoms with Crippen LogP contribution < -0.4 is 10.7 Å². The number of anilines is 1. The summed E-state index contributed by atoms with van der Waals surface area (Å²) in [5.74, 6) is 5.72. The number of benzene rings is 1. The first-order valence-corrected chi connectivity index (χ1v) is 7.61. The number of hydrazine groups is 1. The summed E-state index contributed by atoms with van der Waals surface area (Å²) in [6, 6.07) is 8.01. The second kappa shape index (κ2) is 6.64. The van der Waals surface area contributed by atoms with Gasteiger partial charge >= 0.3 is 0 Å². The Morgan fingerprint density at radius 3 is 2.50 bits per heavy atom. The van der Waals surface area contributed by atoms with Gasteiger partial charge in [0, 0.05) is 19.3 Å². The van der Waals surface area contributed by atoms with Crippen molar-refractivity contribution in [1.82, 2.24) is 5.01 Å². The maximum atomic E-state index is 8.92. The van der Waals surface area contributed by atoms with Gasteiger partial charge < -0.3 is 10.0 Å². The Morgan fingerprint density at radius 1 is 1.35 bits per heavy atom. The van der Waals surface area contributed by atoms with Gasteiger partial charge in [0.25, 0.3) is 0 Å². The minimum Gasteiger partial charge on any atom is -0.395 e. The van der Waals surface area contributed by atoms with Crippen molar-refractivity contribution in [2.75, 3.05) is 25.1 Å². The average molecular weight is 325 g/mol. The highest BCUT2D eigenvalue weighted by molar-refractivity contribution is 8.27. The number of rotatable bonds is 4. The summed E-state index contributed by atoms with van der Waals surface area (Å²) in [5.41, 5.74) is 2.09. The number of aliphatic hydroxyl groups excluding tert-OH is 1. The van der Waals surface area contributed by atoms with Gasteiger partial charge in [-0.25, -0.2) is 5.84 Å². The van der Waals surface area contributed by atoms with Crippen LogP contribution in [-0.4, -0.2) is 39.6 Å². The predicted octanol–water partition coefficient (Wildman–Crippen LogP) is 1.99. The summed E-state index contributed by atoms with van der Waals surface area (Å²) < 4.78 is 0.570. The number of thioether (sulfide) groups is 1. The number of likely N-dealkylation sites (N-methyl/N-ethyl adjacent to an activating group) is 1. The fraction of sp³-hybridized carbons (Fsp3) is 0.231. The number of hydrogen-bond acceptors (Lipinski definition) is 6. The summed E-state index contributed by atoms with van der Waals surface area (Å²) in [4.78, 5) is 3.44. The zero-order valence-corrected chi connectivity index (χ0v) is 13.4. The van der Waals surface area contributed by atoms with Crippen LogP contribution in [0.1, 0.15) is 5.56 Å². The van der Waals surface area contributed by atoms with Crippen LogP contribution in [0, 0.1) is 0 Å². The molecule has 1 heterocycles. The summed E-state index contributed by atoms with van der Waals surface area (Å²) >= 11 is 11.7. The van der Waals surface area contributed by atoms with Crippen molar-refractivity contribution in [3.05, 3.63) is 34.7 Å². The Labute approximate surface area is 133 Å². The highest BCUT2D eigenvalue weighted by Crippen LogP contribution is 2.31. The molecule has 3 N–H and O–H groups in total. The SMILES string of the molecule is CN(CCO)c1ccc(/C=C2\SC(=S)N(N)C2=S)cc1. The normalized spacial score (nSPS) is 17.1. The molecule has 0 unspecified atom stereocenters. The van der Waals surface area contributed by atoms with E-state index in [9.17, 15) is 0 Å². The molecule has 0 bridgehead atoms. The monoisotopic (exact) mass is 325 g/mol. The van der Waals surface area contributed by atoms with Gasteiger partial charge in [-0.15, -0.1) is 0 Å². The van der Waals surface area contributed by atoms with Gasteiger partial charge in [-0.3, -0.25) is 5.01 Å². The van der Waals surface area contributed by atoms with Crippen LogP contribution in [0.4, 0.5) is 5.69 Å². The third kappa shape index (κ3) is 3.36. The van der Waals surface area contributed by atoms with Crippen LogP contribution >= 0.6 is 36.2 Å². The molecule has 0 spiro atoms. The summed E-state index contributed by atoms with van der Waals surface area (Å²) in [6.07, 6.45) is 1.97. The Kier molecular flexibility index (Phi) is 5.11. The van der Waals surface area contributed by atoms with E-state index in [1.165, 1.54) is 16.8 Å². The molecule has 1 aromatic carbocycles. The smallest absolute Gasteiger partial charge is 0.160 e. The molecule has 7 heteroatoms. The Bertz CT molecular complexity index is 556. The summed E-state index contributed by atoms with van der Waals surface area (Å²) in [7, 11) is 1.94.